The van der Waals surface area contributed by atoms with Crippen LogP contribution in [0.5, 0.6) is 5.75 Å². The van der Waals surface area contributed by atoms with Crippen molar-refractivity contribution in [2.75, 3.05) is 13.1 Å². The summed E-state index contributed by atoms with van der Waals surface area (Å²) in [5.41, 5.74) is 7.50. The van der Waals surface area contributed by atoms with Crippen LogP contribution in [-0.4, -0.2) is 44.8 Å². The number of nitrogens with zero attached hydrogens (tertiary/aromatic N) is 5. The monoisotopic (exact) mass is 686 g/mol. The number of nitriles is 1. The molecule has 0 aliphatic carbocycles. The van der Waals surface area contributed by atoms with Crippen molar-refractivity contribution in [3.05, 3.63) is 117 Å². The second kappa shape index (κ2) is 14.8. The molecule has 11 nitrogen and oxygen atoms in total. The molecular weight excluding hydrogens is 652 g/mol. The van der Waals surface area contributed by atoms with Gasteiger partial charge in [-0.05, 0) is 60.9 Å². The smallest absolute Gasteiger partial charge is 0.330 e. The van der Waals surface area contributed by atoms with Crippen LogP contribution in [-0.2, 0) is 28.3 Å². The van der Waals surface area contributed by atoms with Gasteiger partial charge in [0.15, 0.2) is 0 Å². The molecule has 0 unspecified atom stereocenters. The van der Waals surface area contributed by atoms with Crippen LogP contribution in [0.2, 0.25) is 0 Å². The minimum Gasteiger partial charge on any atom is -0.425 e. The van der Waals surface area contributed by atoms with Gasteiger partial charge in [0, 0.05) is 33.6 Å². The Morgan fingerprint density at radius 3 is 2.53 bits per heavy atom. The van der Waals surface area contributed by atoms with Crippen molar-refractivity contribution < 1.29 is 32.8 Å². The first-order valence-corrected chi connectivity index (χ1v) is 16.1. The highest BCUT2D eigenvalue weighted by Crippen LogP contribution is 2.41. The topological polar surface area (TPSA) is 160 Å². The Morgan fingerprint density at radius 2 is 1.88 bits per heavy atom. The maximum Gasteiger partial charge on any atom is 0.330 e. The van der Waals surface area contributed by atoms with Gasteiger partial charge in [0.25, 0.3) is 6.33 Å². The highest BCUT2D eigenvalue weighted by Gasteiger charge is 2.43. The zero-order valence-electron chi connectivity index (χ0n) is 27.0. The van der Waals surface area contributed by atoms with E-state index in [0.717, 1.165) is 23.3 Å². The van der Waals surface area contributed by atoms with Crippen LogP contribution in [0.1, 0.15) is 45.7 Å². The Hall–Kier alpha value is -5.36. The van der Waals surface area contributed by atoms with E-state index in [2.05, 4.69) is 16.5 Å². The number of halogens is 2. The third-order valence-corrected chi connectivity index (χ3v) is 9.09. The Balaban J connectivity index is 1.37. The van der Waals surface area contributed by atoms with Gasteiger partial charge in [-0.2, -0.15) is 5.26 Å². The highest BCUT2D eigenvalue weighted by atomic mass is 32.1. The number of rotatable bonds is 12. The van der Waals surface area contributed by atoms with Gasteiger partial charge < -0.3 is 20.9 Å². The summed E-state index contributed by atoms with van der Waals surface area (Å²) in [5, 5.41) is 30.5. The summed E-state index contributed by atoms with van der Waals surface area (Å²) in [5.74, 6) is -3.11. The molecule has 4 N–H and O–H groups in total. The van der Waals surface area contributed by atoms with Crippen LogP contribution in [0.25, 0.3) is 11.3 Å². The number of aromatic nitrogens is 4. The first kappa shape index (κ1) is 35.0. The number of hydrogen-bond acceptors (Lipinski definition) is 9. The van der Waals surface area contributed by atoms with Gasteiger partial charge in [0.05, 0.1) is 35.4 Å². The van der Waals surface area contributed by atoms with Gasteiger partial charge in [0.2, 0.25) is 12.2 Å². The van der Waals surface area contributed by atoms with Crippen molar-refractivity contribution in [2.24, 2.45) is 5.73 Å². The van der Waals surface area contributed by atoms with Crippen molar-refractivity contribution in [2.45, 2.75) is 45.4 Å². The maximum atomic E-state index is 15.3. The number of nitrogens with two attached hydrogens (primary N) is 1. The second-order valence-electron chi connectivity index (χ2n) is 11.7. The summed E-state index contributed by atoms with van der Waals surface area (Å²) >= 11 is 1.30. The molecule has 0 radical (unpaired) electrons. The molecule has 5 aromatic rings. The van der Waals surface area contributed by atoms with Crippen molar-refractivity contribution in [3.63, 3.8) is 0 Å². The number of carbonyl (C=O) groups excluding carboxylic acids is 2. The third kappa shape index (κ3) is 8.03. The minimum atomic E-state index is -1.89. The SMILES string of the molecule is Cc1cc(C[n+]2cnn(C[C@](O)(c3ccc(F)cc3F)[C@@H](C)c3nc(-c4ccc(C#N)cc4)cs3)c2)cc(C)c1OC(=O)CNC(=O)CN. The third-order valence-electron chi connectivity index (χ3n) is 8.07. The van der Waals surface area contributed by atoms with Gasteiger partial charge >= 0.3 is 5.97 Å². The summed E-state index contributed by atoms with van der Waals surface area (Å²) in [6, 6.07) is 15.8. The van der Waals surface area contributed by atoms with Crippen LogP contribution in [0.4, 0.5) is 8.78 Å². The molecule has 0 aliphatic heterocycles. The first-order chi connectivity index (χ1) is 23.4. The predicted molar refractivity (Wildman–Crippen MR) is 176 cm³/mol. The molecule has 14 heteroatoms. The number of esters is 1. The molecule has 0 aliphatic rings. The highest BCUT2D eigenvalue weighted by molar-refractivity contribution is 7.10. The molecule has 3 aromatic carbocycles. The Morgan fingerprint density at radius 1 is 1.16 bits per heavy atom. The normalized spacial score (nSPS) is 12.9. The molecule has 0 spiro atoms. The predicted octanol–water partition coefficient (Wildman–Crippen LogP) is 3.78. The lowest BCUT2D eigenvalue weighted by Gasteiger charge is -2.32. The van der Waals surface area contributed by atoms with Crippen molar-refractivity contribution >= 4 is 23.2 Å². The fourth-order valence-corrected chi connectivity index (χ4v) is 6.48. The van der Waals surface area contributed by atoms with Crippen LogP contribution in [0, 0.1) is 36.8 Å². The van der Waals surface area contributed by atoms with Crippen LogP contribution < -0.4 is 20.4 Å². The van der Waals surface area contributed by atoms with E-state index in [4.69, 9.17) is 20.7 Å². The molecule has 1 amide bonds. The number of benzene rings is 3. The molecule has 0 saturated carbocycles. The molecule has 2 atom stereocenters. The van der Waals surface area contributed by atoms with Crippen LogP contribution in [0.15, 0.2) is 72.6 Å². The quantitative estimate of drug-likeness (QED) is 0.102. The number of ether oxygens (including phenoxy) is 1. The summed E-state index contributed by atoms with van der Waals surface area (Å²) in [6.07, 6.45) is 3.24. The molecule has 2 aromatic heterocycles. The fourth-order valence-electron chi connectivity index (χ4n) is 5.50. The van der Waals surface area contributed by atoms with Gasteiger partial charge in [-0.25, -0.2) is 23.1 Å². The number of amides is 1. The van der Waals surface area contributed by atoms with E-state index in [1.54, 1.807) is 62.3 Å². The first-order valence-electron chi connectivity index (χ1n) is 15.2. The minimum absolute atomic E-state index is 0.0995. The van der Waals surface area contributed by atoms with Crippen LogP contribution in [0.3, 0.4) is 0 Å². The summed E-state index contributed by atoms with van der Waals surface area (Å²) in [6.45, 7) is 4.99. The van der Waals surface area contributed by atoms with Gasteiger partial charge in [-0.3, -0.25) is 4.79 Å². The van der Waals surface area contributed by atoms with E-state index < -0.39 is 35.0 Å². The molecule has 49 heavy (non-hydrogen) atoms. The van der Waals surface area contributed by atoms with Gasteiger partial charge in [0.1, 0.15) is 36.1 Å². The summed E-state index contributed by atoms with van der Waals surface area (Å²) < 4.78 is 38.0. The lowest BCUT2D eigenvalue weighted by atomic mass is 9.82. The molecule has 0 saturated heterocycles. The Kier molecular flexibility index (Phi) is 10.6. The average molecular weight is 687 g/mol. The van der Waals surface area contributed by atoms with E-state index in [-0.39, 0.29) is 25.2 Å². The van der Waals surface area contributed by atoms with Crippen molar-refractivity contribution in [3.8, 4) is 23.1 Å². The van der Waals surface area contributed by atoms with Crippen molar-refractivity contribution in [1.82, 2.24) is 20.1 Å². The maximum absolute atomic E-state index is 15.3. The Bertz CT molecular complexity index is 2020. The van der Waals surface area contributed by atoms with Crippen LogP contribution >= 0.6 is 11.3 Å². The molecule has 252 valence electrons. The number of aliphatic hydroxyl groups is 1. The zero-order valence-corrected chi connectivity index (χ0v) is 27.8. The van der Waals surface area contributed by atoms with E-state index in [1.807, 2.05) is 17.5 Å². The summed E-state index contributed by atoms with van der Waals surface area (Å²) in [4.78, 5) is 28.3. The Labute approximate surface area is 285 Å². The van der Waals surface area contributed by atoms with Crippen molar-refractivity contribution in [1.29, 1.82) is 5.26 Å². The molecule has 5 rings (SSSR count). The number of nitrogens with one attached hydrogen (secondary N) is 1. The zero-order chi connectivity index (χ0) is 35.3. The van der Waals surface area contributed by atoms with Gasteiger partial charge in [-0.15, -0.1) is 16.0 Å². The largest absolute Gasteiger partial charge is 0.425 e. The second-order valence-corrected chi connectivity index (χ2v) is 12.5. The lowest BCUT2D eigenvalue weighted by molar-refractivity contribution is -0.689. The number of thiazole rings is 1. The number of aryl methyl sites for hydroxylation is 2. The van der Waals surface area contributed by atoms with E-state index in [1.165, 1.54) is 22.1 Å². The molecule has 0 bridgehead atoms. The fraction of sp³-hybridized carbons (Fsp3) is 0.257. The van der Waals surface area contributed by atoms with E-state index in [9.17, 15) is 19.1 Å². The number of carbonyl (C=O) groups is 2. The molecular formula is C35H34F2N7O4S+. The lowest BCUT2D eigenvalue weighted by Crippen LogP contribution is -2.39. The van der Waals surface area contributed by atoms with Gasteiger partial charge in [-0.1, -0.05) is 25.1 Å². The molecule has 2 heterocycles. The summed E-state index contributed by atoms with van der Waals surface area (Å²) in [7, 11) is 0. The average Bonchev–Trinajstić information content (AvgIpc) is 3.74. The number of hydrogen-bond donors (Lipinski definition) is 3. The standard InChI is InChI=1S/C35H33F2N7O4S/c1-21-10-25(11-22(2)33(21)48-32(46)15-40-31(45)14-39)16-43-19-41-44(20-43)18-35(47,28-9-8-27(36)12-29(28)37)23(3)34-42-30(17-49-34)26-6-4-24(13-38)5-7-26/h4-12,17,19-20,23,47H,14-16,18,39H2,1-3H3/p+1/t23-,35+/m0/s1. The van der Waals surface area contributed by atoms with E-state index >= 15 is 4.39 Å². The van der Waals surface area contributed by atoms with E-state index in [0.29, 0.717) is 39.7 Å². The molecule has 0 fully saturated rings.